The molecule has 0 spiro atoms. The first kappa shape index (κ1) is 10.5. The maximum Gasteiger partial charge on any atom is 0.331 e. The summed E-state index contributed by atoms with van der Waals surface area (Å²) in [7, 11) is 0. The standard InChI is InChI=1S/C13H18O2/c1-2-3-11(12(14)15)9-13-6-4-10(8-13)5-7-13/h2-3,10H,1,4-9H2,(H,14,15). The van der Waals surface area contributed by atoms with Crippen molar-refractivity contribution >= 4 is 5.97 Å². The molecular weight excluding hydrogens is 188 g/mol. The smallest absolute Gasteiger partial charge is 0.331 e. The van der Waals surface area contributed by atoms with E-state index in [4.69, 9.17) is 5.11 Å². The molecule has 2 nitrogen and oxygen atoms in total. The van der Waals surface area contributed by atoms with Crippen molar-refractivity contribution in [2.75, 3.05) is 0 Å². The predicted octanol–water partition coefficient (Wildman–Crippen LogP) is 3.15. The van der Waals surface area contributed by atoms with Gasteiger partial charge in [-0.15, -0.1) is 0 Å². The van der Waals surface area contributed by atoms with E-state index in [0.717, 1.165) is 12.3 Å². The molecule has 1 N–H and O–H groups in total. The zero-order valence-electron chi connectivity index (χ0n) is 9.04. The number of fused-ring (bicyclic) bond motifs is 2. The summed E-state index contributed by atoms with van der Waals surface area (Å²) >= 11 is 0. The molecule has 15 heavy (non-hydrogen) atoms. The molecule has 2 heteroatoms. The van der Waals surface area contributed by atoms with E-state index in [2.05, 4.69) is 6.58 Å². The van der Waals surface area contributed by atoms with Gasteiger partial charge in [-0.2, -0.15) is 0 Å². The highest BCUT2D eigenvalue weighted by Crippen LogP contribution is 2.56. The molecule has 2 bridgehead atoms. The van der Waals surface area contributed by atoms with Crippen LogP contribution in [0.25, 0.3) is 0 Å². The molecule has 82 valence electrons. The Kier molecular flexibility index (Phi) is 2.68. The normalized spacial score (nSPS) is 34.4. The molecule has 2 aliphatic rings. The van der Waals surface area contributed by atoms with Gasteiger partial charge in [-0.25, -0.2) is 4.79 Å². The van der Waals surface area contributed by atoms with Crippen LogP contribution < -0.4 is 0 Å². The van der Waals surface area contributed by atoms with Gasteiger partial charge < -0.3 is 5.11 Å². The molecular formula is C13H18O2. The fraction of sp³-hybridized carbons (Fsp3) is 0.615. The number of allylic oxidation sites excluding steroid dienone is 2. The Bertz CT molecular complexity index is 306. The zero-order valence-corrected chi connectivity index (χ0v) is 9.04. The number of hydrogen-bond donors (Lipinski definition) is 1. The third-order valence-electron chi connectivity index (χ3n) is 4.05. The van der Waals surface area contributed by atoms with Gasteiger partial charge in [-0.3, -0.25) is 0 Å². The number of carboxylic acids is 1. The molecule has 2 aliphatic carbocycles. The van der Waals surface area contributed by atoms with Crippen LogP contribution in [0.2, 0.25) is 0 Å². The Morgan fingerprint density at radius 2 is 2.13 bits per heavy atom. The third-order valence-corrected chi connectivity index (χ3v) is 4.05. The van der Waals surface area contributed by atoms with Crippen LogP contribution in [-0.2, 0) is 4.79 Å². The Hall–Kier alpha value is -1.05. The fourth-order valence-electron chi connectivity index (χ4n) is 3.31. The minimum absolute atomic E-state index is 0.317. The van der Waals surface area contributed by atoms with Gasteiger partial charge in [-0.1, -0.05) is 18.7 Å². The molecule has 2 fully saturated rings. The summed E-state index contributed by atoms with van der Waals surface area (Å²) in [5.74, 6) is 0.100. The minimum atomic E-state index is -0.778. The molecule has 0 amide bonds. The van der Waals surface area contributed by atoms with Crippen molar-refractivity contribution in [3.63, 3.8) is 0 Å². The quantitative estimate of drug-likeness (QED) is 0.566. The first-order valence-electron chi connectivity index (χ1n) is 5.70. The van der Waals surface area contributed by atoms with Gasteiger partial charge in [0.05, 0.1) is 0 Å². The summed E-state index contributed by atoms with van der Waals surface area (Å²) in [6.07, 6.45) is 10.3. The molecule has 0 saturated heterocycles. The first-order valence-corrected chi connectivity index (χ1v) is 5.70. The second-order valence-electron chi connectivity index (χ2n) is 5.06. The van der Waals surface area contributed by atoms with Crippen molar-refractivity contribution in [1.82, 2.24) is 0 Å². The average Bonchev–Trinajstić information content (AvgIpc) is 2.76. The zero-order chi connectivity index (χ0) is 10.9. The third kappa shape index (κ3) is 1.99. The first-order chi connectivity index (χ1) is 7.15. The van der Waals surface area contributed by atoms with Crippen LogP contribution >= 0.6 is 0 Å². The van der Waals surface area contributed by atoms with Gasteiger partial charge in [0.15, 0.2) is 0 Å². The van der Waals surface area contributed by atoms with Crippen molar-refractivity contribution in [2.45, 2.75) is 38.5 Å². The Balaban J connectivity index is 2.09. The van der Waals surface area contributed by atoms with E-state index in [0.29, 0.717) is 11.0 Å². The molecule has 2 saturated carbocycles. The van der Waals surface area contributed by atoms with E-state index in [1.54, 1.807) is 12.2 Å². The van der Waals surface area contributed by atoms with E-state index in [-0.39, 0.29) is 0 Å². The molecule has 2 rings (SSSR count). The molecule has 0 aliphatic heterocycles. The monoisotopic (exact) mass is 206 g/mol. The lowest BCUT2D eigenvalue weighted by Gasteiger charge is -2.26. The van der Waals surface area contributed by atoms with Crippen molar-refractivity contribution in [3.05, 3.63) is 24.3 Å². The Morgan fingerprint density at radius 3 is 2.53 bits per heavy atom. The van der Waals surface area contributed by atoms with E-state index >= 15 is 0 Å². The second kappa shape index (κ2) is 3.84. The van der Waals surface area contributed by atoms with Crippen LogP contribution in [0.1, 0.15) is 38.5 Å². The molecule has 0 aromatic rings. The van der Waals surface area contributed by atoms with Gasteiger partial charge in [0.25, 0.3) is 0 Å². The highest BCUT2D eigenvalue weighted by Gasteiger charge is 2.45. The van der Waals surface area contributed by atoms with Crippen LogP contribution in [-0.4, -0.2) is 11.1 Å². The second-order valence-corrected chi connectivity index (χ2v) is 5.06. The maximum absolute atomic E-state index is 11.0. The van der Waals surface area contributed by atoms with Crippen LogP contribution in [0.4, 0.5) is 0 Å². The lowest BCUT2D eigenvalue weighted by atomic mass is 9.78. The van der Waals surface area contributed by atoms with Gasteiger partial charge in [0.2, 0.25) is 0 Å². The summed E-state index contributed by atoms with van der Waals surface area (Å²) in [5, 5.41) is 9.07. The van der Waals surface area contributed by atoms with Crippen LogP contribution in [0, 0.1) is 11.3 Å². The van der Waals surface area contributed by atoms with E-state index in [9.17, 15) is 4.79 Å². The van der Waals surface area contributed by atoms with Gasteiger partial charge in [0.1, 0.15) is 0 Å². The molecule has 0 radical (unpaired) electrons. The molecule has 0 aromatic heterocycles. The lowest BCUT2D eigenvalue weighted by Crippen LogP contribution is -2.17. The van der Waals surface area contributed by atoms with E-state index in [1.165, 1.54) is 32.1 Å². The van der Waals surface area contributed by atoms with Crippen molar-refractivity contribution < 1.29 is 9.90 Å². The van der Waals surface area contributed by atoms with Crippen LogP contribution in [0.15, 0.2) is 24.3 Å². The van der Waals surface area contributed by atoms with E-state index < -0.39 is 5.97 Å². The van der Waals surface area contributed by atoms with Gasteiger partial charge in [0, 0.05) is 5.57 Å². The summed E-state index contributed by atoms with van der Waals surface area (Å²) in [6.45, 7) is 3.58. The number of hydrogen-bond acceptors (Lipinski definition) is 1. The SMILES string of the molecule is C=CC=C(CC12CCC(CC1)C2)C(=O)O. The number of aliphatic carboxylic acids is 1. The number of carbonyl (C=O) groups is 1. The molecule has 0 heterocycles. The molecule has 0 atom stereocenters. The van der Waals surface area contributed by atoms with E-state index in [1.807, 2.05) is 0 Å². The van der Waals surface area contributed by atoms with Crippen LogP contribution in [0.5, 0.6) is 0 Å². The van der Waals surface area contributed by atoms with Crippen molar-refractivity contribution in [3.8, 4) is 0 Å². The van der Waals surface area contributed by atoms with Crippen LogP contribution in [0.3, 0.4) is 0 Å². The average molecular weight is 206 g/mol. The fourth-order valence-corrected chi connectivity index (χ4v) is 3.31. The number of carboxylic acid groups (broad SMARTS) is 1. The lowest BCUT2D eigenvalue weighted by molar-refractivity contribution is -0.133. The van der Waals surface area contributed by atoms with Gasteiger partial charge >= 0.3 is 5.97 Å². The summed E-state index contributed by atoms with van der Waals surface area (Å²) < 4.78 is 0. The predicted molar refractivity (Wildman–Crippen MR) is 59.5 cm³/mol. The van der Waals surface area contributed by atoms with Crippen molar-refractivity contribution in [1.29, 1.82) is 0 Å². The summed E-state index contributed by atoms with van der Waals surface area (Å²) in [6, 6.07) is 0. The summed E-state index contributed by atoms with van der Waals surface area (Å²) in [5.41, 5.74) is 0.852. The Morgan fingerprint density at radius 1 is 1.47 bits per heavy atom. The van der Waals surface area contributed by atoms with Gasteiger partial charge in [-0.05, 0) is 49.9 Å². The summed E-state index contributed by atoms with van der Waals surface area (Å²) in [4.78, 5) is 11.0. The van der Waals surface area contributed by atoms with Crippen molar-refractivity contribution in [2.24, 2.45) is 11.3 Å². The number of rotatable bonds is 4. The topological polar surface area (TPSA) is 37.3 Å². The largest absolute Gasteiger partial charge is 0.478 e. The molecule has 0 unspecified atom stereocenters. The Labute approximate surface area is 90.7 Å². The molecule has 0 aromatic carbocycles. The minimum Gasteiger partial charge on any atom is -0.478 e. The maximum atomic E-state index is 11.0. The highest BCUT2D eigenvalue weighted by molar-refractivity contribution is 5.87. The highest BCUT2D eigenvalue weighted by atomic mass is 16.4.